The largest absolute Gasteiger partial charge is 0.361 e. The first-order chi connectivity index (χ1) is 11.8. The molecule has 2 aromatic rings. The fourth-order valence-electron chi connectivity index (χ4n) is 2.90. The van der Waals surface area contributed by atoms with Crippen LogP contribution in [-0.2, 0) is 10.0 Å². The number of nitrogens with zero attached hydrogens (tertiary/aromatic N) is 3. The molecule has 0 saturated carbocycles. The lowest BCUT2D eigenvalue weighted by Gasteiger charge is -2.25. The first kappa shape index (κ1) is 17.5. The zero-order chi connectivity index (χ0) is 18.2. The number of carbonyl (C=O) groups is 1. The van der Waals surface area contributed by atoms with Crippen LogP contribution in [-0.4, -0.2) is 43.7 Å². The molecule has 2 heterocycles. The predicted octanol–water partition coefficient (Wildman–Crippen LogP) is 2.36. The quantitative estimate of drug-likeness (QED) is 0.833. The number of carbonyl (C=O) groups excluding carboxylic acids is 1. The first-order valence-electron chi connectivity index (χ1n) is 8.10. The van der Waals surface area contributed by atoms with Gasteiger partial charge in [0.05, 0.1) is 17.5 Å². The highest BCUT2D eigenvalue weighted by Gasteiger charge is 2.28. The number of sulfonamides is 1. The summed E-state index contributed by atoms with van der Waals surface area (Å²) in [4.78, 5) is 14.0. The maximum Gasteiger partial charge on any atom is 0.276 e. The second kappa shape index (κ2) is 6.51. The van der Waals surface area contributed by atoms with Gasteiger partial charge in [0.25, 0.3) is 5.91 Å². The Labute approximate surface area is 147 Å². The molecule has 0 aliphatic carbocycles. The number of hydrogen-bond acceptors (Lipinski definition) is 5. The van der Waals surface area contributed by atoms with Crippen molar-refractivity contribution >= 4 is 21.6 Å². The van der Waals surface area contributed by atoms with Gasteiger partial charge in [-0.25, -0.2) is 8.42 Å². The van der Waals surface area contributed by atoms with Gasteiger partial charge in [-0.2, -0.15) is 0 Å². The number of amides is 1. The molecule has 1 atom stereocenters. The van der Waals surface area contributed by atoms with Gasteiger partial charge in [-0.05, 0) is 38.0 Å². The zero-order valence-corrected chi connectivity index (χ0v) is 15.3. The fourth-order valence-corrected chi connectivity index (χ4v) is 4.46. The number of rotatable bonds is 4. The summed E-state index contributed by atoms with van der Waals surface area (Å²) in [6.45, 7) is 4.16. The third kappa shape index (κ3) is 3.39. The molecule has 1 unspecified atom stereocenters. The van der Waals surface area contributed by atoms with E-state index in [1.807, 2.05) is 19.1 Å². The van der Waals surface area contributed by atoms with E-state index < -0.39 is 10.0 Å². The lowest BCUT2D eigenvalue weighted by Crippen LogP contribution is -2.30. The van der Waals surface area contributed by atoms with E-state index in [0.717, 1.165) is 5.56 Å². The molecular weight excluding hydrogens is 342 g/mol. The third-order valence-corrected chi connectivity index (χ3v) is 6.38. The van der Waals surface area contributed by atoms with Crippen LogP contribution in [0, 0.1) is 6.92 Å². The van der Waals surface area contributed by atoms with Gasteiger partial charge in [-0.1, -0.05) is 17.3 Å². The molecule has 134 valence electrons. The van der Waals surface area contributed by atoms with E-state index >= 15 is 0 Å². The highest BCUT2D eigenvalue weighted by atomic mass is 32.2. The molecule has 7 nitrogen and oxygen atoms in total. The molecule has 0 N–H and O–H groups in total. The van der Waals surface area contributed by atoms with Gasteiger partial charge in [0.2, 0.25) is 10.0 Å². The van der Waals surface area contributed by atoms with Crippen molar-refractivity contribution in [3.8, 4) is 0 Å². The Hall–Kier alpha value is -2.35. The maximum atomic E-state index is 12.4. The topological polar surface area (TPSA) is 83.7 Å². The van der Waals surface area contributed by atoms with Crippen LogP contribution >= 0.6 is 0 Å². The Kier molecular flexibility index (Phi) is 4.55. The SMILES string of the molecule is Cc1cc(C(=O)N(C)C(C)c2ccc(N3CCCS3(=O)=O)cc2)no1. The van der Waals surface area contributed by atoms with Gasteiger partial charge in [0, 0.05) is 19.7 Å². The van der Waals surface area contributed by atoms with E-state index in [0.29, 0.717) is 24.4 Å². The summed E-state index contributed by atoms with van der Waals surface area (Å²) in [7, 11) is -1.48. The van der Waals surface area contributed by atoms with Gasteiger partial charge in [0.15, 0.2) is 5.69 Å². The van der Waals surface area contributed by atoms with E-state index in [2.05, 4.69) is 5.16 Å². The summed E-state index contributed by atoms with van der Waals surface area (Å²) in [6, 6.07) is 8.69. The average molecular weight is 363 g/mol. The van der Waals surface area contributed by atoms with Crippen molar-refractivity contribution in [2.24, 2.45) is 0 Å². The van der Waals surface area contributed by atoms with Crippen molar-refractivity contribution in [3.63, 3.8) is 0 Å². The zero-order valence-electron chi connectivity index (χ0n) is 14.5. The standard InChI is InChI=1S/C17H21N3O4S/c1-12-11-16(18-24-12)17(21)19(3)13(2)14-5-7-15(8-6-14)20-9-4-10-25(20,22)23/h5-8,11,13H,4,9-10H2,1-3H3. The van der Waals surface area contributed by atoms with Gasteiger partial charge >= 0.3 is 0 Å². The van der Waals surface area contributed by atoms with Gasteiger partial charge < -0.3 is 9.42 Å². The first-order valence-corrected chi connectivity index (χ1v) is 9.71. The molecular formula is C17H21N3O4S. The van der Waals surface area contributed by atoms with Crippen LogP contribution in [0.4, 0.5) is 5.69 Å². The molecule has 25 heavy (non-hydrogen) atoms. The smallest absolute Gasteiger partial charge is 0.276 e. The summed E-state index contributed by atoms with van der Waals surface area (Å²) in [5.74, 6) is 0.551. The molecule has 1 aliphatic heterocycles. The van der Waals surface area contributed by atoms with Crippen molar-refractivity contribution in [1.29, 1.82) is 0 Å². The molecule has 1 fully saturated rings. The lowest BCUT2D eigenvalue weighted by molar-refractivity contribution is 0.0732. The average Bonchev–Trinajstić information content (AvgIpc) is 3.18. The van der Waals surface area contributed by atoms with E-state index in [-0.39, 0.29) is 23.4 Å². The van der Waals surface area contributed by atoms with Gasteiger partial charge in [-0.15, -0.1) is 0 Å². The summed E-state index contributed by atoms with van der Waals surface area (Å²) in [5, 5.41) is 3.76. The minimum absolute atomic E-state index is 0.186. The van der Waals surface area contributed by atoms with Crippen LogP contribution in [0.1, 0.15) is 41.2 Å². The minimum Gasteiger partial charge on any atom is -0.361 e. The Bertz CT molecular complexity index is 874. The highest BCUT2D eigenvalue weighted by molar-refractivity contribution is 7.93. The van der Waals surface area contributed by atoms with Crippen molar-refractivity contribution < 1.29 is 17.7 Å². The fraction of sp³-hybridized carbons (Fsp3) is 0.412. The highest BCUT2D eigenvalue weighted by Crippen LogP contribution is 2.27. The summed E-state index contributed by atoms with van der Waals surface area (Å²) < 4.78 is 30.4. The molecule has 8 heteroatoms. The molecule has 1 aromatic heterocycles. The Morgan fingerprint density at radius 1 is 1.32 bits per heavy atom. The summed E-state index contributed by atoms with van der Waals surface area (Å²) in [5.41, 5.74) is 1.84. The molecule has 1 saturated heterocycles. The predicted molar refractivity (Wildman–Crippen MR) is 93.9 cm³/mol. The van der Waals surface area contributed by atoms with Crippen molar-refractivity contribution in [1.82, 2.24) is 10.1 Å². The Morgan fingerprint density at radius 2 is 2.00 bits per heavy atom. The molecule has 0 radical (unpaired) electrons. The number of aromatic nitrogens is 1. The van der Waals surface area contributed by atoms with Crippen LogP contribution in [0.5, 0.6) is 0 Å². The lowest BCUT2D eigenvalue weighted by atomic mass is 10.1. The maximum absolute atomic E-state index is 12.4. The molecule has 1 aliphatic rings. The van der Waals surface area contributed by atoms with E-state index in [1.54, 1.807) is 37.1 Å². The monoisotopic (exact) mass is 363 g/mol. The number of hydrogen-bond donors (Lipinski definition) is 0. The third-order valence-electron chi connectivity index (χ3n) is 4.51. The van der Waals surface area contributed by atoms with Crippen molar-refractivity contribution in [2.75, 3.05) is 23.7 Å². The van der Waals surface area contributed by atoms with E-state index in [9.17, 15) is 13.2 Å². The molecule has 1 aromatic carbocycles. The Balaban J connectivity index is 1.76. The van der Waals surface area contributed by atoms with Gasteiger partial charge in [-0.3, -0.25) is 9.10 Å². The van der Waals surface area contributed by atoms with Gasteiger partial charge in [0.1, 0.15) is 5.76 Å². The van der Waals surface area contributed by atoms with Crippen molar-refractivity contribution in [2.45, 2.75) is 26.3 Å². The minimum atomic E-state index is -3.19. The summed E-state index contributed by atoms with van der Waals surface area (Å²) >= 11 is 0. The second-order valence-electron chi connectivity index (χ2n) is 6.25. The second-order valence-corrected chi connectivity index (χ2v) is 8.26. The summed E-state index contributed by atoms with van der Waals surface area (Å²) in [6.07, 6.45) is 0.648. The van der Waals surface area contributed by atoms with Crippen molar-refractivity contribution in [3.05, 3.63) is 47.3 Å². The van der Waals surface area contributed by atoms with E-state index in [4.69, 9.17) is 4.52 Å². The number of aryl methyl sites for hydroxylation is 1. The van der Waals surface area contributed by atoms with E-state index in [1.165, 1.54) is 4.31 Å². The van der Waals surface area contributed by atoms with Crippen LogP contribution in [0.2, 0.25) is 0 Å². The van der Waals surface area contributed by atoms with Crippen LogP contribution in [0.15, 0.2) is 34.9 Å². The normalized spacial score (nSPS) is 17.5. The molecule has 0 spiro atoms. The molecule has 0 bridgehead atoms. The Morgan fingerprint density at radius 3 is 2.52 bits per heavy atom. The van der Waals surface area contributed by atoms with Crippen LogP contribution in [0.3, 0.4) is 0 Å². The molecule has 3 rings (SSSR count). The van der Waals surface area contributed by atoms with Crippen LogP contribution in [0.25, 0.3) is 0 Å². The number of benzene rings is 1. The number of anilines is 1. The molecule has 1 amide bonds. The van der Waals surface area contributed by atoms with Crippen LogP contribution < -0.4 is 4.31 Å².